The molecule has 1 aliphatic rings. The Balaban J connectivity index is 1.90. The lowest BCUT2D eigenvalue weighted by Crippen LogP contribution is -2.39. The summed E-state index contributed by atoms with van der Waals surface area (Å²) >= 11 is 3.30. The lowest BCUT2D eigenvalue weighted by molar-refractivity contribution is 0.159. The van der Waals surface area contributed by atoms with E-state index >= 15 is 0 Å². The van der Waals surface area contributed by atoms with Gasteiger partial charge in [0.05, 0.1) is 7.11 Å². The summed E-state index contributed by atoms with van der Waals surface area (Å²) in [4.78, 5) is 2.61. The van der Waals surface area contributed by atoms with E-state index in [1.165, 1.54) is 26.4 Å². The zero-order chi connectivity index (χ0) is 16.9. The predicted molar refractivity (Wildman–Crippen MR) is 95.4 cm³/mol. The second-order valence-corrected chi connectivity index (χ2v) is 8.58. The number of hydrogen-bond acceptors (Lipinski definition) is 4. The maximum absolute atomic E-state index is 12.5. The van der Waals surface area contributed by atoms with Gasteiger partial charge in [0, 0.05) is 17.1 Å². The summed E-state index contributed by atoms with van der Waals surface area (Å²) in [6, 6.07) is 5.57. The molecule has 1 atom stereocenters. The summed E-state index contributed by atoms with van der Waals surface area (Å²) in [7, 11) is -2.09. The standard InChI is InChI=1S/C16H25BrN2O3S/c1-13-6-3-4-10-19(13)11-5-9-18-23(20,21)16-12-14(17)7-8-15(16)22-2/h7-8,12-13,18H,3-6,9-11H2,1-2H3. The molecule has 0 saturated carbocycles. The molecular weight excluding hydrogens is 380 g/mol. The summed E-state index contributed by atoms with van der Waals surface area (Å²) in [6.45, 7) is 4.73. The Kier molecular flexibility index (Phi) is 6.88. The van der Waals surface area contributed by atoms with E-state index in [1.54, 1.807) is 18.2 Å². The van der Waals surface area contributed by atoms with Gasteiger partial charge < -0.3 is 9.64 Å². The van der Waals surface area contributed by atoms with E-state index in [4.69, 9.17) is 4.74 Å². The van der Waals surface area contributed by atoms with Gasteiger partial charge in [0.2, 0.25) is 10.0 Å². The van der Waals surface area contributed by atoms with Gasteiger partial charge in [-0.15, -0.1) is 0 Å². The van der Waals surface area contributed by atoms with Gasteiger partial charge in [-0.3, -0.25) is 0 Å². The van der Waals surface area contributed by atoms with Crippen LogP contribution in [0.1, 0.15) is 32.6 Å². The number of nitrogens with zero attached hydrogens (tertiary/aromatic N) is 1. The molecule has 1 aromatic carbocycles. The third-order valence-electron chi connectivity index (χ3n) is 4.27. The van der Waals surface area contributed by atoms with Crippen LogP contribution in [-0.4, -0.2) is 46.1 Å². The molecule has 0 aliphatic carbocycles. The van der Waals surface area contributed by atoms with Crippen molar-refractivity contribution in [2.24, 2.45) is 0 Å². The third-order valence-corrected chi connectivity index (χ3v) is 6.25. The molecule has 2 rings (SSSR count). The second kappa shape index (κ2) is 8.46. The van der Waals surface area contributed by atoms with Crippen LogP contribution >= 0.6 is 15.9 Å². The summed E-state index contributed by atoms with van der Waals surface area (Å²) in [5.41, 5.74) is 0. The van der Waals surface area contributed by atoms with Gasteiger partial charge >= 0.3 is 0 Å². The zero-order valence-corrected chi connectivity index (χ0v) is 16.1. The molecule has 130 valence electrons. The monoisotopic (exact) mass is 404 g/mol. The number of methoxy groups -OCH3 is 1. The maximum atomic E-state index is 12.5. The van der Waals surface area contributed by atoms with Crippen molar-refractivity contribution < 1.29 is 13.2 Å². The number of ether oxygens (including phenoxy) is 1. The Morgan fingerprint density at radius 2 is 2.17 bits per heavy atom. The molecule has 5 nitrogen and oxygen atoms in total. The molecule has 1 N–H and O–H groups in total. The third kappa shape index (κ3) is 5.17. The van der Waals surface area contributed by atoms with Crippen molar-refractivity contribution in [3.8, 4) is 5.75 Å². The lowest BCUT2D eigenvalue weighted by Gasteiger charge is -2.33. The Labute approximate surface area is 147 Å². The predicted octanol–water partition coefficient (Wildman–Crippen LogP) is 3.00. The van der Waals surface area contributed by atoms with Gasteiger partial charge in [0.25, 0.3) is 0 Å². The molecular formula is C16H25BrN2O3S. The average molecular weight is 405 g/mol. The van der Waals surface area contributed by atoms with E-state index in [-0.39, 0.29) is 4.90 Å². The molecule has 1 aromatic rings. The number of halogens is 1. The highest BCUT2D eigenvalue weighted by Crippen LogP contribution is 2.27. The van der Waals surface area contributed by atoms with Gasteiger partial charge in [-0.1, -0.05) is 22.4 Å². The molecule has 0 spiro atoms. The highest BCUT2D eigenvalue weighted by Gasteiger charge is 2.20. The van der Waals surface area contributed by atoms with E-state index < -0.39 is 10.0 Å². The molecule has 1 saturated heterocycles. The first-order valence-corrected chi connectivity index (χ1v) is 10.3. The van der Waals surface area contributed by atoms with Gasteiger partial charge in [0.1, 0.15) is 10.6 Å². The summed E-state index contributed by atoms with van der Waals surface area (Å²) < 4.78 is 33.4. The normalized spacial score (nSPS) is 19.7. The number of sulfonamides is 1. The number of piperidine rings is 1. The minimum atomic E-state index is -3.57. The van der Waals surface area contributed by atoms with Gasteiger partial charge in [-0.2, -0.15) is 0 Å². The fourth-order valence-corrected chi connectivity index (χ4v) is 4.70. The molecule has 1 heterocycles. The van der Waals surface area contributed by atoms with Crippen molar-refractivity contribution in [2.45, 2.75) is 43.5 Å². The van der Waals surface area contributed by atoms with E-state index in [1.807, 2.05) is 0 Å². The van der Waals surface area contributed by atoms with Crippen LogP contribution in [0, 0.1) is 0 Å². The minimum Gasteiger partial charge on any atom is -0.495 e. The first-order chi connectivity index (χ1) is 10.9. The Hall–Kier alpha value is -0.630. The highest BCUT2D eigenvalue weighted by atomic mass is 79.9. The van der Waals surface area contributed by atoms with E-state index in [0.29, 0.717) is 22.8 Å². The topological polar surface area (TPSA) is 58.6 Å². The Bertz CT molecular complexity index is 622. The Morgan fingerprint density at radius 3 is 2.87 bits per heavy atom. The van der Waals surface area contributed by atoms with Crippen LogP contribution in [0.3, 0.4) is 0 Å². The van der Waals surface area contributed by atoms with Gasteiger partial charge in [-0.25, -0.2) is 13.1 Å². The Morgan fingerprint density at radius 1 is 1.39 bits per heavy atom. The smallest absolute Gasteiger partial charge is 0.244 e. The number of rotatable bonds is 7. The van der Waals surface area contributed by atoms with Crippen molar-refractivity contribution in [2.75, 3.05) is 26.7 Å². The van der Waals surface area contributed by atoms with E-state index in [2.05, 4.69) is 32.5 Å². The number of benzene rings is 1. The van der Waals surface area contributed by atoms with Crippen LogP contribution in [-0.2, 0) is 10.0 Å². The molecule has 1 fully saturated rings. The number of nitrogens with one attached hydrogen (secondary N) is 1. The number of likely N-dealkylation sites (tertiary alicyclic amines) is 1. The van der Waals surface area contributed by atoms with Gasteiger partial charge in [0.15, 0.2) is 0 Å². The largest absolute Gasteiger partial charge is 0.495 e. The van der Waals surface area contributed by atoms with Crippen LogP contribution in [0.2, 0.25) is 0 Å². The molecule has 1 unspecified atom stereocenters. The van der Waals surface area contributed by atoms with Crippen LogP contribution in [0.5, 0.6) is 5.75 Å². The van der Waals surface area contributed by atoms with Crippen LogP contribution in [0.4, 0.5) is 0 Å². The van der Waals surface area contributed by atoms with Gasteiger partial charge in [-0.05, 0) is 57.5 Å². The molecule has 23 heavy (non-hydrogen) atoms. The first kappa shape index (κ1) is 18.7. The fraction of sp³-hybridized carbons (Fsp3) is 0.625. The SMILES string of the molecule is COc1ccc(Br)cc1S(=O)(=O)NCCCN1CCCCC1C. The van der Waals surface area contributed by atoms with Crippen molar-refractivity contribution in [1.29, 1.82) is 0 Å². The highest BCUT2D eigenvalue weighted by molar-refractivity contribution is 9.10. The summed E-state index contributed by atoms with van der Waals surface area (Å²) in [5, 5.41) is 0. The molecule has 0 radical (unpaired) electrons. The maximum Gasteiger partial charge on any atom is 0.244 e. The van der Waals surface area contributed by atoms with E-state index in [0.717, 1.165) is 19.5 Å². The van der Waals surface area contributed by atoms with Crippen LogP contribution < -0.4 is 9.46 Å². The minimum absolute atomic E-state index is 0.167. The molecule has 0 amide bonds. The van der Waals surface area contributed by atoms with Crippen molar-refractivity contribution in [1.82, 2.24) is 9.62 Å². The van der Waals surface area contributed by atoms with E-state index in [9.17, 15) is 8.42 Å². The summed E-state index contributed by atoms with van der Waals surface area (Å²) in [5.74, 6) is 0.352. The second-order valence-electron chi connectivity index (χ2n) is 5.93. The van der Waals surface area contributed by atoms with Crippen molar-refractivity contribution in [3.63, 3.8) is 0 Å². The average Bonchev–Trinajstić information content (AvgIpc) is 2.53. The van der Waals surface area contributed by atoms with Crippen molar-refractivity contribution in [3.05, 3.63) is 22.7 Å². The lowest BCUT2D eigenvalue weighted by atomic mass is 10.0. The quantitative estimate of drug-likeness (QED) is 0.709. The number of hydrogen-bond donors (Lipinski definition) is 1. The molecule has 7 heteroatoms. The zero-order valence-electron chi connectivity index (χ0n) is 13.7. The summed E-state index contributed by atoms with van der Waals surface area (Å²) in [6.07, 6.45) is 4.58. The molecule has 0 bridgehead atoms. The first-order valence-electron chi connectivity index (χ1n) is 8.01. The van der Waals surface area contributed by atoms with Crippen molar-refractivity contribution >= 4 is 26.0 Å². The molecule has 0 aromatic heterocycles. The fourth-order valence-electron chi connectivity index (χ4n) is 2.92. The molecule has 1 aliphatic heterocycles. The van der Waals surface area contributed by atoms with Crippen LogP contribution in [0.15, 0.2) is 27.6 Å². The van der Waals surface area contributed by atoms with Crippen LogP contribution in [0.25, 0.3) is 0 Å².